The van der Waals surface area contributed by atoms with E-state index in [-0.39, 0.29) is 11.9 Å². The zero-order valence-electron chi connectivity index (χ0n) is 9.74. The highest BCUT2D eigenvalue weighted by molar-refractivity contribution is 5.73. The van der Waals surface area contributed by atoms with Crippen LogP contribution in [0.1, 0.15) is 36.4 Å². The van der Waals surface area contributed by atoms with E-state index in [0.717, 1.165) is 18.4 Å². The summed E-state index contributed by atoms with van der Waals surface area (Å²) in [6.07, 6.45) is 2.34. The average Bonchev–Trinajstić information content (AvgIpc) is 2.33. The van der Waals surface area contributed by atoms with Crippen LogP contribution in [0.2, 0.25) is 0 Å². The molecule has 92 valence electrons. The predicted molar refractivity (Wildman–Crippen MR) is 62.3 cm³/mol. The van der Waals surface area contributed by atoms with E-state index in [2.05, 4.69) is 5.32 Å². The predicted octanol–water partition coefficient (Wildman–Crippen LogP) is 2.40. The van der Waals surface area contributed by atoms with Gasteiger partial charge in [-0.05, 0) is 43.4 Å². The number of benzene rings is 1. The van der Waals surface area contributed by atoms with Crippen LogP contribution in [0, 0.1) is 12.7 Å². The number of carboxylic acids is 1. The van der Waals surface area contributed by atoms with Crippen molar-refractivity contribution in [3.05, 3.63) is 35.1 Å². The van der Waals surface area contributed by atoms with Gasteiger partial charge >= 0.3 is 5.97 Å². The molecule has 1 aromatic rings. The topological polar surface area (TPSA) is 49.3 Å². The van der Waals surface area contributed by atoms with E-state index in [4.69, 9.17) is 5.11 Å². The van der Waals surface area contributed by atoms with Gasteiger partial charge in [-0.2, -0.15) is 0 Å². The molecule has 0 amide bonds. The quantitative estimate of drug-likeness (QED) is 0.830. The number of piperidine rings is 1. The molecule has 3 nitrogen and oxygen atoms in total. The third-order valence-corrected chi connectivity index (χ3v) is 3.28. The normalized spacial score (nSPS) is 24.6. The molecule has 1 aliphatic heterocycles. The van der Waals surface area contributed by atoms with Crippen LogP contribution >= 0.6 is 0 Å². The first-order chi connectivity index (χ1) is 8.08. The van der Waals surface area contributed by atoms with Crippen LogP contribution in [0.25, 0.3) is 0 Å². The number of carboxylic acid groups (broad SMARTS) is 1. The fraction of sp³-hybridized carbons (Fsp3) is 0.462. The maximum absolute atomic E-state index is 13.4. The molecule has 2 atom stereocenters. The molecule has 1 heterocycles. The van der Waals surface area contributed by atoms with Crippen LogP contribution in [-0.2, 0) is 4.79 Å². The lowest BCUT2D eigenvalue weighted by Gasteiger charge is -2.29. The molecule has 0 spiro atoms. The summed E-state index contributed by atoms with van der Waals surface area (Å²) in [6.45, 7) is 1.72. The number of hydrogen-bond acceptors (Lipinski definition) is 2. The van der Waals surface area contributed by atoms with Crippen molar-refractivity contribution < 1.29 is 14.3 Å². The first-order valence-electron chi connectivity index (χ1n) is 5.83. The molecule has 0 radical (unpaired) electrons. The van der Waals surface area contributed by atoms with Gasteiger partial charge in [-0.3, -0.25) is 10.1 Å². The van der Waals surface area contributed by atoms with Crippen molar-refractivity contribution in [2.75, 3.05) is 0 Å². The molecular formula is C13H16FNO2. The lowest BCUT2D eigenvalue weighted by Crippen LogP contribution is -2.42. The third-order valence-electron chi connectivity index (χ3n) is 3.28. The fourth-order valence-corrected chi connectivity index (χ4v) is 2.22. The maximum atomic E-state index is 13.4. The molecule has 2 N–H and O–H groups in total. The molecule has 1 aliphatic rings. The Morgan fingerprint density at radius 2 is 2.24 bits per heavy atom. The number of carbonyl (C=O) groups is 1. The minimum absolute atomic E-state index is 0.0556. The molecule has 0 bridgehead atoms. The summed E-state index contributed by atoms with van der Waals surface area (Å²) in [5.41, 5.74) is 1.44. The second kappa shape index (κ2) is 4.84. The maximum Gasteiger partial charge on any atom is 0.320 e. The Morgan fingerprint density at radius 1 is 1.47 bits per heavy atom. The number of halogens is 1. The van der Waals surface area contributed by atoms with Crippen LogP contribution in [0.15, 0.2) is 18.2 Å². The van der Waals surface area contributed by atoms with Crippen molar-refractivity contribution in [3.8, 4) is 0 Å². The number of nitrogens with one attached hydrogen (secondary N) is 1. The molecule has 17 heavy (non-hydrogen) atoms. The lowest BCUT2D eigenvalue weighted by molar-refractivity contribution is -0.140. The van der Waals surface area contributed by atoms with Crippen LogP contribution in [0.4, 0.5) is 4.39 Å². The Balaban J connectivity index is 2.16. The number of rotatable bonds is 2. The van der Waals surface area contributed by atoms with E-state index in [0.29, 0.717) is 12.0 Å². The molecule has 2 rings (SSSR count). The number of hydrogen-bond donors (Lipinski definition) is 2. The Hall–Kier alpha value is -1.42. The van der Waals surface area contributed by atoms with Crippen LogP contribution < -0.4 is 5.32 Å². The number of aryl methyl sites for hydroxylation is 1. The van der Waals surface area contributed by atoms with Gasteiger partial charge in [0.15, 0.2) is 0 Å². The highest BCUT2D eigenvalue weighted by Gasteiger charge is 2.26. The van der Waals surface area contributed by atoms with Gasteiger partial charge in [-0.15, -0.1) is 0 Å². The summed E-state index contributed by atoms with van der Waals surface area (Å²) in [6, 6.07) is 4.52. The minimum Gasteiger partial charge on any atom is -0.480 e. The standard InChI is InChI=1S/C13H16FNO2/c1-8-5-6-9(7-10(8)14)11-3-2-4-12(15-11)13(16)17/h5-7,11-12,15H,2-4H2,1H3,(H,16,17). The van der Waals surface area contributed by atoms with Crippen LogP contribution in [0.3, 0.4) is 0 Å². The second-order valence-electron chi connectivity index (χ2n) is 4.55. The summed E-state index contributed by atoms with van der Waals surface area (Å²) in [5.74, 6) is -1.07. The van der Waals surface area contributed by atoms with Gasteiger partial charge in [0.05, 0.1) is 0 Å². The van der Waals surface area contributed by atoms with E-state index in [9.17, 15) is 9.18 Å². The molecule has 1 fully saturated rings. The van der Waals surface area contributed by atoms with Crippen molar-refractivity contribution in [1.29, 1.82) is 0 Å². The van der Waals surface area contributed by atoms with E-state index in [1.54, 1.807) is 13.0 Å². The molecule has 1 aromatic carbocycles. The van der Waals surface area contributed by atoms with E-state index < -0.39 is 12.0 Å². The van der Waals surface area contributed by atoms with Crippen molar-refractivity contribution >= 4 is 5.97 Å². The van der Waals surface area contributed by atoms with Gasteiger partial charge in [0, 0.05) is 6.04 Å². The average molecular weight is 237 g/mol. The summed E-state index contributed by atoms with van der Waals surface area (Å²) >= 11 is 0. The zero-order chi connectivity index (χ0) is 12.4. The zero-order valence-corrected chi connectivity index (χ0v) is 9.74. The van der Waals surface area contributed by atoms with Crippen molar-refractivity contribution in [1.82, 2.24) is 5.32 Å². The van der Waals surface area contributed by atoms with Gasteiger partial charge < -0.3 is 5.11 Å². The van der Waals surface area contributed by atoms with Gasteiger partial charge in [-0.1, -0.05) is 12.1 Å². The molecular weight excluding hydrogens is 221 g/mol. The van der Waals surface area contributed by atoms with E-state index in [1.807, 2.05) is 6.07 Å². The monoisotopic (exact) mass is 237 g/mol. The van der Waals surface area contributed by atoms with Gasteiger partial charge in [0.2, 0.25) is 0 Å². The summed E-state index contributed by atoms with van der Waals surface area (Å²) in [5, 5.41) is 12.0. The largest absolute Gasteiger partial charge is 0.480 e. The SMILES string of the molecule is Cc1ccc(C2CCCC(C(=O)O)N2)cc1F. The molecule has 0 saturated carbocycles. The Bertz CT molecular complexity index is 433. The first kappa shape index (κ1) is 12.0. The first-order valence-corrected chi connectivity index (χ1v) is 5.83. The Morgan fingerprint density at radius 3 is 2.88 bits per heavy atom. The van der Waals surface area contributed by atoms with E-state index in [1.165, 1.54) is 6.07 Å². The third kappa shape index (κ3) is 2.64. The summed E-state index contributed by atoms with van der Waals surface area (Å²) in [7, 11) is 0. The van der Waals surface area contributed by atoms with Crippen LogP contribution in [0.5, 0.6) is 0 Å². The van der Waals surface area contributed by atoms with Crippen molar-refractivity contribution in [2.45, 2.75) is 38.3 Å². The molecule has 2 unspecified atom stereocenters. The highest BCUT2D eigenvalue weighted by atomic mass is 19.1. The van der Waals surface area contributed by atoms with E-state index >= 15 is 0 Å². The van der Waals surface area contributed by atoms with Gasteiger partial charge in [-0.25, -0.2) is 4.39 Å². The van der Waals surface area contributed by atoms with Gasteiger partial charge in [0.1, 0.15) is 11.9 Å². The lowest BCUT2D eigenvalue weighted by atomic mass is 9.93. The second-order valence-corrected chi connectivity index (χ2v) is 4.55. The minimum atomic E-state index is -0.831. The summed E-state index contributed by atoms with van der Waals surface area (Å²) in [4.78, 5) is 10.9. The van der Waals surface area contributed by atoms with Crippen molar-refractivity contribution in [3.63, 3.8) is 0 Å². The fourth-order valence-electron chi connectivity index (χ4n) is 2.22. The Kier molecular flexibility index (Phi) is 3.43. The summed E-state index contributed by atoms with van der Waals surface area (Å²) < 4.78 is 13.4. The number of aliphatic carboxylic acids is 1. The molecule has 0 aliphatic carbocycles. The van der Waals surface area contributed by atoms with Crippen LogP contribution in [-0.4, -0.2) is 17.1 Å². The smallest absolute Gasteiger partial charge is 0.320 e. The molecule has 1 saturated heterocycles. The van der Waals surface area contributed by atoms with Gasteiger partial charge in [0.25, 0.3) is 0 Å². The van der Waals surface area contributed by atoms with Crippen molar-refractivity contribution in [2.24, 2.45) is 0 Å². The Labute approximate surface area is 99.7 Å². The highest BCUT2D eigenvalue weighted by Crippen LogP contribution is 2.26. The molecule has 0 aromatic heterocycles. The molecule has 4 heteroatoms.